The van der Waals surface area contributed by atoms with Gasteiger partial charge < -0.3 is 5.73 Å². The first-order chi connectivity index (χ1) is 9.47. The van der Waals surface area contributed by atoms with Crippen molar-refractivity contribution in [2.24, 2.45) is 5.92 Å². The van der Waals surface area contributed by atoms with E-state index in [-0.39, 0.29) is 24.3 Å². The standard InChI is InChI=1S/C15H20FN3S.ClH/c1-10(2)14(11-4-6-12(16)7-5-11)19(3)9-13-8-18-15(17)20-13;/h4-8,10,14H,9H2,1-3H3,(H2,17,18);1H. The number of nitrogens with two attached hydrogens (primary N) is 1. The molecule has 6 heteroatoms. The number of nitrogens with zero attached hydrogens (tertiary/aromatic N) is 2. The van der Waals surface area contributed by atoms with E-state index in [9.17, 15) is 4.39 Å². The smallest absolute Gasteiger partial charge is 0.180 e. The lowest BCUT2D eigenvalue weighted by molar-refractivity contribution is 0.187. The predicted molar refractivity (Wildman–Crippen MR) is 89.2 cm³/mol. The van der Waals surface area contributed by atoms with Gasteiger partial charge in [0.25, 0.3) is 0 Å². The maximum absolute atomic E-state index is 13.1. The highest BCUT2D eigenvalue weighted by atomic mass is 35.5. The third-order valence-corrected chi connectivity index (χ3v) is 4.11. The van der Waals surface area contributed by atoms with Crippen LogP contribution in [0.15, 0.2) is 30.5 Å². The second-order valence-corrected chi connectivity index (χ2v) is 6.47. The van der Waals surface area contributed by atoms with Crippen LogP contribution in [0.3, 0.4) is 0 Å². The van der Waals surface area contributed by atoms with Crippen molar-refractivity contribution in [1.82, 2.24) is 9.88 Å². The molecule has 1 aromatic carbocycles. The Morgan fingerprint density at radius 2 is 1.90 bits per heavy atom. The molecule has 0 amide bonds. The highest BCUT2D eigenvalue weighted by Crippen LogP contribution is 2.30. The molecule has 0 spiro atoms. The van der Waals surface area contributed by atoms with Crippen LogP contribution in [0.4, 0.5) is 9.52 Å². The average molecular weight is 330 g/mol. The molecular formula is C15H21ClFN3S. The van der Waals surface area contributed by atoms with Gasteiger partial charge in [0.05, 0.1) is 0 Å². The van der Waals surface area contributed by atoms with E-state index >= 15 is 0 Å². The first-order valence-corrected chi connectivity index (χ1v) is 7.45. The lowest BCUT2D eigenvalue weighted by atomic mass is 9.94. The monoisotopic (exact) mass is 329 g/mol. The van der Waals surface area contributed by atoms with Gasteiger partial charge in [0.2, 0.25) is 0 Å². The number of aromatic nitrogens is 1. The number of anilines is 1. The van der Waals surface area contributed by atoms with E-state index in [2.05, 4.69) is 30.8 Å². The Hall–Kier alpha value is -1.17. The topological polar surface area (TPSA) is 42.2 Å². The zero-order valence-electron chi connectivity index (χ0n) is 12.4. The zero-order chi connectivity index (χ0) is 14.7. The summed E-state index contributed by atoms with van der Waals surface area (Å²) in [6.45, 7) is 5.13. The van der Waals surface area contributed by atoms with E-state index < -0.39 is 0 Å². The van der Waals surface area contributed by atoms with Crippen LogP contribution in [0.25, 0.3) is 0 Å². The van der Waals surface area contributed by atoms with Gasteiger partial charge in [-0.15, -0.1) is 23.7 Å². The van der Waals surface area contributed by atoms with Crippen molar-refractivity contribution in [2.75, 3.05) is 12.8 Å². The molecule has 0 saturated heterocycles. The van der Waals surface area contributed by atoms with Gasteiger partial charge in [0.15, 0.2) is 5.13 Å². The van der Waals surface area contributed by atoms with Gasteiger partial charge in [-0.1, -0.05) is 26.0 Å². The van der Waals surface area contributed by atoms with Gasteiger partial charge >= 0.3 is 0 Å². The van der Waals surface area contributed by atoms with Gasteiger partial charge in [-0.3, -0.25) is 4.90 Å². The molecule has 116 valence electrons. The summed E-state index contributed by atoms with van der Waals surface area (Å²) < 4.78 is 13.1. The highest BCUT2D eigenvalue weighted by molar-refractivity contribution is 7.15. The minimum Gasteiger partial charge on any atom is -0.375 e. The molecule has 0 aliphatic carbocycles. The van der Waals surface area contributed by atoms with Gasteiger partial charge in [-0.2, -0.15) is 0 Å². The fourth-order valence-corrected chi connectivity index (χ4v) is 3.30. The quantitative estimate of drug-likeness (QED) is 0.897. The maximum Gasteiger partial charge on any atom is 0.180 e. The summed E-state index contributed by atoms with van der Waals surface area (Å²) in [6, 6.07) is 6.99. The Morgan fingerprint density at radius 3 is 2.38 bits per heavy atom. The normalized spacial score (nSPS) is 12.5. The van der Waals surface area contributed by atoms with E-state index in [1.54, 1.807) is 0 Å². The van der Waals surface area contributed by atoms with Crippen LogP contribution in [-0.4, -0.2) is 16.9 Å². The largest absolute Gasteiger partial charge is 0.375 e. The summed E-state index contributed by atoms with van der Waals surface area (Å²) in [5.41, 5.74) is 6.79. The number of thiazole rings is 1. The molecule has 1 aromatic heterocycles. The molecule has 2 aromatic rings. The predicted octanol–water partition coefficient (Wildman–Crippen LogP) is 4.12. The van der Waals surface area contributed by atoms with E-state index in [0.717, 1.165) is 17.0 Å². The molecule has 2 N–H and O–H groups in total. The summed E-state index contributed by atoms with van der Waals surface area (Å²) in [7, 11) is 2.07. The lowest BCUT2D eigenvalue weighted by Gasteiger charge is -2.31. The summed E-state index contributed by atoms with van der Waals surface area (Å²) >= 11 is 1.51. The molecule has 0 aliphatic rings. The maximum atomic E-state index is 13.1. The van der Waals surface area contributed by atoms with Crippen LogP contribution in [-0.2, 0) is 6.54 Å². The number of nitrogen functional groups attached to an aromatic ring is 1. The van der Waals surface area contributed by atoms with Crippen molar-refractivity contribution in [1.29, 1.82) is 0 Å². The Morgan fingerprint density at radius 1 is 1.29 bits per heavy atom. The molecule has 0 saturated carbocycles. The third-order valence-electron chi connectivity index (χ3n) is 3.29. The molecule has 21 heavy (non-hydrogen) atoms. The number of rotatable bonds is 5. The fourth-order valence-electron chi connectivity index (χ4n) is 2.55. The highest BCUT2D eigenvalue weighted by Gasteiger charge is 2.21. The van der Waals surface area contributed by atoms with E-state index in [4.69, 9.17) is 5.73 Å². The Bertz CT molecular complexity index is 556. The molecule has 1 heterocycles. The molecule has 0 radical (unpaired) electrons. The van der Waals surface area contributed by atoms with Crippen molar-refractivity contribution in [3.63, 3.8) is 0 Å². The summed E-state index contributed by atoms with van der Waals surface area (Å²) in [5, 5.41) is 0.594. The van der Waals surface area contributed by atoms with Crippen LogP contribution in [0.1, 0.15) is 30.3 Å². The van der Waals surface area contributed by atoms with Crippen LogP contribution in [0.5, 0.6) is 0 Å². The number of benzene rings is 1. The Labute approximate surface area is 135 Å². The van der Waals surface area contributed by atoms with Crippen molar-refractivity contribution in [3.8, 4) is 0 Å². The van der Waals surface area contributed by atoms with Crippen molar-refractivity contribution in [2.45, 2.75) is 26.4 Å². The first-order valence-electron chi connectivity index (χ1n) is 6.63. The first kappa shape index (κ1) is 17.9. The van der Waals surface area contributed by atoms with E-state index in [1.165, 1.54) is 23.5 Å². The molecule has 0 fully saturated rings. The van der Waals surface area contributed by atoms with E-state index in [1.807, 2.05) is 18.3 Å². The van der Waals surface area contributed by atoms with Crippen molar-refractivity contribution < 1.29 is 4.39 Å². The molecule has 3 nitrogen and oxygen atoms in total. The SMILES string of the molecule is CC(C)C(c1ccc(F)cc1)N(C)Cc1cnc(N)s1.Cl. The average Bonchev–Trinajstić information content (AvgIpc) is 2.77. The molecular weight excluding hydrogens is 309 g/mol. The summed E-state index contributed by atoms with van der Waals surface area (Å²) in [4.78, 5) is 7.47. The summed E-state index contributed by atoms with van der Waals surface area (Å²) in [6.07, 6.45) is 1.82. The summed E-state index contributed by atoms with van der Waals surface area (Å²) in [5.74, 6) is 0.227. The molecule has 2 rings (SSSR count). The zero-order valence-corrected chi connectivity index (χ0v) is 14.0. The van der Waals surface area contributed by atoms with Gasteiger partial charge in [0.1, 0.15) is 5.82 Å². The van der Waals surface area contributed by atoms with Crippen LogP contribution < -0.4 is 5.73 Å². The Kier molecular flexibility index (Phi) is 6.58. The van der Waals surface area contributed by atoms with Gasteiger partial charge in [-0.25, -0.2) is 9.37 Å². The number of hydrogen-bond donors (Lipinski definition) is 1. The van der Waals surface area contributed by atoms with Crippen LogP contribution in [0, 0.1) is 11.7 Å². The Balaban J connectivity index is 0.00000220. The molecule has 0 bridgehead atoms. The third kappa shape index (κ3) is 4.66. The molecule has 0 aliphatic heterocycles. The second kappa shape index (κ2) is 7.73. The minimum atomic E-state index is -0.200. The van der Waals surface area contributed by atoms with Crippen LogP contribution >= 0.6 is 23.7 Å². The lowest BCUT2D eigenvalue weighted by Crippen LogP contribution is -2.27. The van der Waals surface area contributed by atoms with Crippen LogP contribution in [0.2, 0.25) is 0 Å². The van der Waals surface area contributed by atoms with Gasteiger partial charge in [0, 0.05) is 23.7 Å². The number of hydrogen-bond acceptors (Lipinski definition) is 4. The minimum absolute atomic E-state index is 0. The number of halogens is 2. The van der Waals surface area contributed by atoms with Crippen molar-refractivity contribution in [3.05, 3.63) is 46.7 Å². The van der Waals surface area contributed by atoms with Gasteiger partial charge in [-0.05, 0) is 30.7 Å². The molecule has 1 unspecified atom stereocenters. The fraction of sp³-hybridized carbons (Fsp3) is 0.400. The molecule has 1 atom stereocenters. The second-order valence-electron chi connectivity index (χ2n) is 5.32. The van der Waals surface area contributed by atoms with E-state index in [0.29, 0.717) is 11.0 Å². The van der Waals surface area contributed by atoms with Crippen molar-refractivity contribution >= 4 is 28.9 Å².